The molecule has 19 heavy (non-hydrogen) atoms. The molecule has 1 N–H and O–H groups in total. The first-order chi connectivity index (χ1) is 8.99. The number of halogens is 1. The largest absolute Gasteiger partial charge is 0.307 e. The number of pyridine rings is 1. The summed E-state index contributed by atoms with van der Waals surface area (Å²) in [6.45, 7) is 5.90. The maximum atomic E-state index is 12.2. The molecule has 1 aromatic heterocycles. The van der Waals surface area contributed by atoms with Gasteiger partial charge in [-0.1, -0.05) is 12.1 Å². The van der Waals surface area contributed by atoms with E-state index in [1.807, 2.05) is 45.0 Å². The van der Waals surface area contributed by atoms with Crippen molar-refractivity contribution < 1.29 is 4.79 Å². The summed E-state index contributed by atoms with van der Waals surface area (Å²) in [5.74, 6) is 0.432. The van der Waals surface area contributed by atoms with Crippen LogP contribution < -0.4 is 5.32 Å². The Morgan fingerprint density at radius 3 is 2.63 bits per heavy atom. The van der Waals surface area contributed by atoms with Gasteiger partial charge in [-0.3, -0.25) is 4.79 Å². The molecule has 98 valence electrons. The van der Waals surface area contributed by atoms with E-state index in [1.54, 1.807) is 6.20 Å². The van der Waals surface area contributed by atoms with E-state index < -0.39 is 0 Å². The smallest absolute Gasteiger partial charge is 0.257 e. The lowest BCUT2D eigenvalue weighted by Gasteiger charge is -2.09. The molecule has 2 rings (SSSR count). The van der Waals surface area contributed by atoms with Crippen molar-refractivity contribution in [3.63, 3.8) is 0 Å². The van der Waals surface area contributed by atoms with E-state index in [0.717, 1.165) is 21.2 Å². The Balaban J connectivity index is 2.26. The average Bonchev–Trinajstić information content (AvgIpc) is 2.37. The molecule has 0 saturated heterocycles. The molecular formula is C15H15BrN2O. The van der Waals surface area contributed by atoms with Gasteiger partial charge in [0.1, 0.15) is 5.82 Å². The van der Waals surface area contributed by atoms with Gasteiger partial charge in [0.25, 0.3) is 5.91 Å². The highest BCUT2D eigenvalue weighted by atomic mass is 79.9. The lowest BCUT2D eigenvalue weighted by Crippen LogP contribution is -2.14. The van der Waals surface area contributed by atoms with Gasteiger partial charge in [0.15, 0.2) is 0 Å². The number of aryl methyl sites for hydroxylation is 2. The van der Waals surface area contributed by atoms with Gasteiger partial charge in [-0.05, 0) is 65.5 Å². The van der Waals surface area contributed by atoms with E-state index in [4.69, 9.17) is 0 Å². The van der Waals surface area contributed by atoms with Gasteiger partial charge in [0.05, 0.1) is 0 Å². The third kappa shape index (κ3) is 3.01. The maximum Gasteiger partial charge on any atom is 0.257 e. The third-order valence-corrected chi connectivity index (χ3v) is 3.97. The number of hydrogen-bond acceptors (Lipinski definition) is 2. The summed E-state index contributed by atoms with van der Waals surface area (Å²) < 4.78 is 0.928. The van der Waals surface area contributed by atoms with Crippen molar-refractivity contribution in [2.24, 2.45) is 0 Å². The summed E-state index contributed by atoms with van der Waals surface area (Å²) in [4.78, 5) is 16.4. The van der Waals surface area contributed by atoms with Crippen molar-refractivity contribution in [3.8, 4) is 0 Å². The molecule has 0 spiro atoms. The van der Waals surface area contributed by atoms with Gasteiger partial charge in [-0.15, -0.1) is 0 Å². The summed E-state index contributed by atoms with van der Waals surface area (Å²) in [5, 5.41) is 2.82. The fraction of sp³-hybridized carbons (Fsp3) is 0.200. The Kier molecular flexibility index (Phi) is 4.00. The molecule has 0 fully saturated rings. The summed E-state index contributed by atoms with van der Waals surface area (Å²) in [6.07, 6.45) is 1.69. The van der Waals surface area contributed by atoms with E-state index >= 15 is 0 Å². The standard InChI is InChI=1S/C15H15BrN2O/c1-9-5-4-6-12(11(9)3)15(19)18-14-7-10(2)13(16)8-17-14/h4-8H,1-3H3,(H,17,18,19). The zero-order valence-electron chi connectivity index (χ0n) is 11.1. The Labute approximate surface area is 121 Å². The molecule has 1 amide bonds. The first kappa shape index (κ1) is 13.7. The van der Waals surface area contributed by atoms with Crippen LogP contribution in [0.5, 0.6) is 0 Å². The molecule has 3 nitrogen and oxygen atoms in total. The van der Waals surface area contributed by atoms with E-state index in [-0.39, 0.29) is 5.91 Å². The third-order valence-electron chi connectivity index (χ3n) is 3.14. The predicted octanol–water partition coefficient (Wildman–Crippen LogP) is 4.02. The molecule has 1 heterocycles. The van der Waals surface area contributed by atoms with Crippen molar-refractivity contribution in [2.75, 3.05) is 5.32 Å². The molecule has 1 aromatic carbocycles. The van der Waals surface area contributed by atoms with Crippen LogP contribution in [0.3, 0.4) is 0 Å². The van der Waals surface area contributed by atoms with Gasteiger partial charge in [-0.25, -0.2) is 4.98 Å². The number of carbonyl (C=O) groups excluding carboxylic acids is 1. The van der Waals surface area contributed by atoms with Gasteiger partial charge in [0, 0.05) is 16.2 Å². The van der Waals surface area contributed by atoms with E-state index in [9.17, 15) is 4.79 Å². The number of amides is 1. The average molecular weight is 319 g/mol. The summed E-state index contributed by atoms with van der Waals surface area (Å²) >= 11 is 3.39. The first-order valence-corrected chi connectivity index (χ1v) is 6.78. The zero-order valence-corrected chi connectivity index (χ0v) is 12.7. The van der Waals surface area contributed by atoms with Gasteiger partial charge < -0.3 is 5.32 Å². The number of benzene rings is 1. The summed E-state index contributed by atoms with van der Waals surface area (Å²) in [5.41, 5.74) is 3.81. The second kappa shape index (κ2) is 5.53. The Morgan fingerprint density at radius 1 is 1.21 bits per heavy atom. The topological polar surface area (TPSA) is 42.0 Å². The van der Waals surface area contributed by atoms with Crippen molar-refractivity contribution >= 4 is 27.7 Å². The van der Waals surface area contributed by atoms with Crippen LogP contribution in [0.15, 0.2) is 34.9 Å². The van der Waals surface area contributed by atoms with E-state index in [2.05, 4.69) is 26.2 Å². The molecule has 4 heteroatoms. The number of nitrogens with zero attached hydrogens (tertiary/aromatic N) is 1. The van der Waals surface area contributed by atoms with Crippen LogP contribution >= 0.6 is 15.9 Å². The molecule has 0 atom stereocenters. The lowest BCUT2D eigenvalue weighted by molar-refractivity contribution is 0.102. The molecule has 0 unspecified atom stereocenters. The Bertz CT molecular complexity index is 638. The summed E-state index contributed by atoms with van der Waals surface area (Å²) in [6, 6.07) is 7.54. The van der Waals surface area contributed by atoms with Crippen LogP contribution in [0.4, 0.5) is 5.82 Å². The van der Waals surface area contributed by atoms with Crippen LogP contribution in [0.25, 0.3) is 0 Å². The summed E-state index contributed by atoms with van der Waals surface area (Å²) in [7, 11) is 0. The van der Waals surface area contributed by atoms with E-state index in [0.29, 0.717) is 11.4 Å². The molecule has 0 saturated carbocycles. The molecule has 0 bridgehead atoms. The minimum atomic E-state index is -0.129. The number of anilines is 1. The monoisotopic (exact) mass is 318 g/mol. The van der Waals surface area contributed by atoms with Crippen LogP contribution in [0, 0.1) is 20.8 Å². The molecule has 0 aliphatic heterocycles. The molecule has 0 aliphatic rings. The molecule has 0 aliphatic carbocycles. The fourth-order valence-corrected chi connectivity index (χ4v) is 2.01. The number of aromatic nitrogens is 1. The fourth-order valence-electron chi connectivity index (χ4n) is 1.79. The predicted molar refractivity (Wildman–Crippen MR) is 80.5 cm³/mol. The number of rotatable bonds is 2. The second-order valence-corrected chi connectivity index (χ2v) is 5.37. The van der Waals surface area contributed by atoms with Crippen molar-refractivity contribution in [1.82, 2.24) is 4.98 Å². The van der Waals surface area contributed by atoms with Gasteiger partial charge in [0.2, 0.25) is 0 Å². The lowest BCUT2D eigenvalue weighted by atomic mass is 10.0. The Morgan fingerprint density at radius 2 is 1.95 bits per heavy atom. The minimum Gasteiger partial charge on any atom is -0.307 e. The van der Waals surface area contributed by atoms with Crippen molar-refractivity contribution in [1.29, 1.82) is 0 Å². The quantitative estimate of drug-likeness (QED) is 0.908. The van der Waals surface area contributed by atoms with Crippen molar-refractivity contribution in [2.45, 2.75) is 20.8 Å². The molecule has 2 aromatic rings. The first-order valence-electron chi connectivity index (χ1n) is 5.98. The highest BCUT2D eigenvalue weighted by molar-refractivity contribution is 9.10. The van der Waals surface area contributed by atoms with Crippen molar-refractivity contribution in [3.05, 3.63) is 57.2 Å². The maximum absolute atomic E-state index is 12.2. The Hall–Kier alpha value is -1.68. The minimum absolute atomic E-state index is 0.129. The van der Waals surface area contributed by atoms with Crippen LogP contribution in [0.1, 0.15) is 27.0 Å². The zero-order chi connectivity index (χ0) is 14.0. The van der Waals surface area contributed by atoms with Gasteiger partial charge in [-0.2, -0.15) is 0 Å². The van der Waals surface area contributed by atoms with E-state index in [1.165, 1.54) is 0 Å². The number of carbonyl (C=O) groups is 1. The van der Waals surface area contributed by atoms with Crippen LogP contribution in [0.2, 0.25) is 0 Å². The highest BCUT2D eigenvalue weighted by Crippen LogP contribution is 2.19. The number of hydrogen-bond donors (Lipinski definition) is 1. The molecular weight excluding hydrogens is 304 g/mol. The van der Waals surface area contributed by atoms with Gasteiger partial charge >= 0.3 is 0 Å². The van der Waals surface area contributed by atoms with Crippen LogP contribution in [-0.4, -0.2) is 10.9 Å². The number of nitrogens with one attached hydrogen (secondary N) is 1. The second-order valence-electron chi connectivity index (χ2n) is 4.52. The highest BCUT2D eigenvalue weighted by Gasteiger charge is 2.11. The SMILES string of the molecule is Cc1cc(NC(=O)c2cccc(C)c2C)ncc1Br. The molecule has 0 radical (unpaired) electrons. The normalized spacial score (nSPS) is 10.3. The van der Waals surface area contributed by atoms with Crippen LogP contribution in [-0.2, 0) is 0 Å².